The van der Waals surface area contributed by atoms with Crippen LogP contribution in [0.3, 0.4) is 0 Å². The molecular weight excluding hydrogens is 292 g/mol. The highest BCUT2D eigenvalue weighted by atomic mass is 16.5. The maximum atomic E-state index is 11.9. The number of allylic oxidation sites excluding steroid dienone is 1. The molecular formula is C18H20N2O3. The van der Waals surface area contributed by atoms with Gasteiger partial charge >= 0.3 is 0 Å². The molecule has 0 heterocycles. The molecule has 0 aliphatic heterocycles. The summed E-state index contributed by atoms with van der Waals surface area (Å²) < 4.78 is 5.91. The van der Waals surface area contributed by atoms with E-state index in [4.69, 9.17) is 10.00 Å². The van der Waals surface area contributed by atoms with Crippen LogP contribution in [0.1, 0.15) is 31.2 Å². The minimum absolute atomic E-state index is 0.270. The van der Waals surface area contributed by atoms with Crippen LogP contribution in [0.2, 0.25) is 0 Å². The van der Waals surface area contributed by atoms with E-state index in [2.05, 4.69) is 5.32 Å². The van der Waals surface area contributed by atoms with Gasteiger partial charge in [-0.25, -0.2) is 0 Å². The van der Waals surface area contributed by atoms with Crippen molar-refractivity contribution in [1.82, 2.24) is 5.32 Å². The second-order valence-corrected chi connectivity index (χ2v) is 5.51. The molecule has 120 valence electrons. The lowest BCUT2D eigenvalue weighted by molar-refractivity contribution is -0.129. The number of carbonyl (C=O) groups excluding carboxylic acids is 2. The van der Waals surface area contributed by atoms with Crippen LogP contribution in [0.5, 0.6) is 5.75 Å². The quantitative estimate of drug-likeness (QED) is 0.646. The van der Waals surface area contributed by atoms with Crippen molar-refractivity contribution in [3.8, 4) is 11.8 Å². The van der Waals surface area contributed by atoms with E-state index in [0.717, 1.165) is 24.2 Å². The number of nitriles is 1. The first-order valence-electron chi connectivity index (χ1n) is 7.74. The van der Waals surface area contributed by atoms with Gasteiger partial charge in [0.1, 0.15) is 5.75 Å². The standard InChI is InChI=1S/C18H20N2O3/c1-20-18(22)16(12-19)17(21)10-9-13-5-4-8-15(11-13)23-14-6-2-3-7-14/h4-5,8-11,14,16H,2-3,6-7H2,1H3,(H,20,22). The van der Waals surface area contributed by atoms with Crippen LogP contribution in [0.25, 0.3) is 6.08 Å². The lowest BCUT2D eigenvalue weighted by Gasteiger charge is -2.13. The van der Waals surface area contributed by atoms with Gasteiger partial charge in [-0.1, -0.05) is 18.2 Å². The fourth-order valence-corrected chi connectivity index (χ4v) is 2.56. The number of hydrogen-bond donors (Lipinski definition) is 1. The Labute approximate surface area is 135 Å². The third-order valence-corrected chi connectivity index (χ3v) is 3.83. The average Bonchev–Trinajstić information content (AvgIpc) is 3.06. The highest BCUT2D eigenvalue weighted by Crippen LogP contribution is 2.24. The Morgan fingerprint density at radius 1 is 1.39 bits per heavy atom. The van der Waals surface area contributed by atoms with E-state index in [1.165, 1.54) is 26.0 Å². The molecule has 0 saturated heterocycles. The molecule has 1 N–H and O–H groups in total. The zero-order valence-corrected chi connectivity index (χ0v) is 13.1. The van der Waals surface area contributed by atoms with E-state index in [-0.39, 0.29) is 6.10 Å². The minimum atomic E-state index is -1.31. The van der Waals surface area contributed by atoms with Crippen LogP contribution in [0, 0.1) is 17.2 Å². The number of hydrogen-bond acceptors (Lipinski definition) is 4. The fraction of sp³-hybridized carbons (Fsp3) is 0.389. The molecule has 0 aromatic heterocycles. The molecule has 5 heteroatoms. The maximum Gasteiger partial charge on any atom is 0.245 e. The Bertz CT molecular complexity index is 640. The number of benzene rings is 1. The first kappa shape index (κ1) is 16.8. The van der Waals surface area contributed by atoms with Gasteiger partial charge in [0, 0.05) is 7.05 Å². The molecule has 1 aromatic carbocycles. The van der Waals surface area contributed by atoms with E-state index in [1.807, 2.05) is 24.3 Å². The largest absolute Gasteiger partial charge is 0.490 e. The maximum absolute atomic E-state index is 11.9. The number of ketones is 1. The molecule has 1 amide bonds. The summed E-state index contributed by atoms with van der Waals surface area (Å²) in [5.74, 6) is -1.67. The third kappa shape index (κ3) is 4.68. The first-order chi connectivity index (χ1) is 11.1. The fourth-order valence-electron chi connectivity index (χ4n) is 2.56. The van der Waals surface area contributed by atoms with E-state index >= 15 is 0 Å². The van der Waals surface area contributed by atoms with E-state index < -0.39 is 17.6 Å². The summed E-state index contributed by atoms with van der Waals surface area (Å²) in [6.45, 7) is 0. The highest BCUT2D eigenvalue weighted by Gasteiger charge is 2.23. The normalized spacial score (nSPS) is 16.0. The Hall–Kier alpha value is -2.61. The molecule has 23 heavy (non-hydrogen) atoms. The topological polar surface area (TPSA) is 79.2 Å². The van der Waals surface area contributed by atoms with Crippen LogP contribution in [0.15, 0.2) is 30.3 Å². The monoisotopic (exact) mass is 312 g/mol. The average molecular weight is 312 g/mol. The first-order valence-corrected chi connectivity index (χ1v) is 7.74. The Kier molecular flexibility index (Phi) is 5.93. The number of amides is 1. The van der Waals surface area contributed by atoms with Gasteiger partial charge < -0.3 is 10.1 Å². The summed E-state index contributed by atoms with van der Waals surface area (Å²) in [6.07, 6.45) is 7.69. The second kappa shape index (κ2) is 8.14. The van der Waals surface area contributed by atoms with Crippen LogP contribution in [0.4, 0.5) is 0 Å². The van der Waals surface area contributed by atoms with Gasteiger partial charge in [-0.05, 0) is 49.5 Å². The molecule has 1 atom stereocenters. The predicted octanol–water partition coefficient (Wildman–Crippen LogP) is 2.48. The van der Waals surface area contributed by atoms with Gasteiger partial charge in [0.25, 0.3) is 0 Å². The van der Waals surface area contributed by atoms with Gasteiger partial charge in [-0.2, -0.15) is 5.26 Å². The molecule has 1 saturated carbocycles. The molecule has 1 aliphatic rings. The zero-order chi connectivity index (χ0) is 16.7. The summed E-state index contributed by atoms with van der Waals surface area (Å²) in [7, 11) is 1.40. The molecule has 5 nitrogen and oxygen atoms in total. The van der Waals surface area contributed by atoms with Crippen molar-refractivity contribution in [2.45, 2.75) is 31.8 Å². The summed E-state index contributed by atoms with van der Waals surface area (Å²) in [6, 6.07) is 9.15. The predicted molar refractivity (Wildman–Crippen MR) is 86.5 cm³/mol. The molecule has 0 spiro atoms. The smallest absolute Gasteiger partial charge is 0.245 e. The number of ether oxygens (including phenoxy) is 1. The van der Waals surface area contributed by atoms with Gasteiger partial charge in [-0.3, -0.25) is 9.59 Å². The molecule has 1 fully saturated rings. The van der Waals surface area contributed by atoms with Gasteiger partial charge in [0.05, 0.1) is 12.2 Å². The molecule has 1 aliphatic carbocycles. The van der Waals surface area contributed by atoms with Crippen LogP contribution >= 0.6 is 0 Å². The van der Waals surface area contributed by atoms with Crippen LogP contribution < -0.4 is 10.1 Å². The van der Waals surface area contributed by atoms with Crippen molar-refractivity contribution in [2.24, 2.45) is 5.92 Å². The third-order valence-electron chi connectivity index (χ3n) is 3.83. The molecule has 0 bridgehead atoms. The lowest BCUT2D eigenvalue weighted by atomic mass is 10.0. The van der Waals surface area contributed by atoms with Gasteiger partial charge in [-0.15, -0.1) is 0 Å². The van der Waals surface area contributed by atoms with Crippen molar-refractivity contribution < 1.29 is 14.3 Å². The summed E-state index contributed by atoms with van der Waals surface area (Å²) >= 11 is 0. The van der Waals surface area contributed by atoms with E-state index in [1.54, 1.807) is 12.1 Å². The molecule has 0 radical (unpaired) electrons. The van der Waals surface area contributed by atoms with E-state index in [0.29, 0.717) is 0 Å². The van der Waals surface area contributed by atoms with Crippen molar-refractivity contribution in [1.29, 1.82) is 5.26 Å². The van der Waals surface area contributed by atoms with Crippen molar-refractivity contribution in [3.05, 3.63) is 35.9 Å². The number of rotatable bonds is 6. The molecule has 1 unspecified atom stereocenters. The molecule has 2 rings (SSSR count). The lowest BCUT2D eigenvalue weighted by Crippen LogP contribution is -2.31. The van der Waals surface area contributed by atoms with Crippen molar-refractivity contribution >= 4 is 17.8 Å². The Morgan fingerprint density at radius 2 is 2.13 bits per heavy atom. The van der Waals surface area contributed by atoms with Crippen LogP contribution in [-0.2, 0) is 9.59 Å². The Balaban J connectivity index is 2.02. The van der Waals surface area contributed by atoms with Gasteiger partial charge in [0.15, 0.2) is 11.7 Å². The zero-order valence-electron chi connectivity index (χ0n) is 13.1. The SMILES string of the molecule is CNC(=O)C(C#N)C(=O)C=Cc1cccc(OC2CCCC2)c1. The Morgan fingerprint density at radius 3 is 2.78 bits per heavy atom. The second-order valence-electron chi connectivity index (χ2n) is 5.51. The van der Waals surface area contributed by atoms with Crippen molar-refractivity contribution in [3.63, 3.8) is 0 Å². The molecule has 1 aromatic rings. The number of nitrogens with one attached hydrogen (secondary N) is 1. The summed E-state index contributed by atoms with van der Waals surface area (Å²) in [5.41, 5.74) is 0.794. The number of nitrogens with zero attached hydrogens (tertiary/aromatic N) is 1. The van der Waals surface area contributed by atoms with E-state index in [9.17, 15) is 9.59 Å². The van der Waals surface area contributed by atoms with Crippen LogP contribution in [-0.4, -0.2) is 24.8 Å². The minimum Gasteiger partial charge on any atom is -0.490 e. The summed E-state index contributed by atoms with van der Waals surface area (Å²) in [4.78, 5) is 23.3. The number of carbonyl (C=O) groups is 2. The van der Waals surface area contributed by atoms with Gasteiger partial charge in [0.2, 0.25) is 5.91 Å². The summed E-state index contributed by atoms with van der Waals surface area (Å²) in [5, 5.41) is 11.2. The van der Waals surface area contributed by atoms with Crippen molar-refractivity contribution in [2.75, 3.05) is 7.05 Å². The highest BCUT2D eigenvalue weighted by molar-refractivity contribution is 6.10.